The third-order valence-electron chi connectivity index (χ3n) is 4.48. The van der Waals surface area contributed by atoms with Gasteiger partial charge in [0, 0.05) is 17.2 Å². The van der Waals surface area contributed by atoms with Gasteiger partial charge in [0.1, 0.15) is 17.1 Å². The van der Waals surface area contributed by atoms with Crippen LogP contribution >= 0.6 is 0 Å². The second kappa shape index (κ2) is 4.09. The summed E-state index contributed by atoms with van der Waals surface area (Å²) in [5.41, 5.74) is 2.32. The Bertz CT molecular complexity index is 626. The Morgan fingerprint density at radius 1 is 1.11 bits per heavy atom. The molecule has 96 valence electrons. The summed E-state index contributed by atoms with van der Waals surface area (Å²) < 4.78 is 5.83. The van der Waals surface area contributed by atoms with E-state index in [1.165, 1.54) is 5.57 Å². The summed E-state index contributed by atoms with van der Waals surface area (Å²) in [6.45, 7) is 0. The Kier molecular flexibility index (Phi) is 2.37. The summed E-state index contributed by atoms with van der Waals surface area (Å²) in [5, 5.41) is 1.14. The quantitative estimate of drug-likeness (QED) is 0.761. The zero-order valence-corrected chi connectivity index (χ0v) is 10.8. The molecule has 4 rings (SSSR count). The topological polar surface area (TPSA) is 30.2 Å². The zero-order valence-electron chi connectivity index (χ0n) is 10.8. The second-order valence-electron chi connectivity index (χ2n) is 5.77. The van der Waals surface area contributed by atoms with Crippen molar-refractivity contribution in [2.45, 2.75) is 25.7 Å². The van der Waals surface area contributed by atoms with Crippen LogP contribution in [0.15, 0.2) is 40.3 Å². The highest BCUT2D eigenvalue weighted by Crippen LogP contribution is 2.42. The molecule has 2 atom stereocenters. The van der Waals surface area contributed by atoms with Gasteiger partial charge in [0.05, 0.1) is 0 Å². The largest absolute Gasteiger partial charge is 0.457 e. The number of furan rings is 1. The van der Waals surface area contributed by atoms with E-state index in [4.69, 9.17) is 4.42 Å². The lowest BCUT2D eigenvalue weighted by Gasteiger charge is -2.20. The van der Waals surface area contributed by atoms with E-state index in [1.54, 1.807) is 0 Å². The molecule has 2 bridgehead atoms. The molecule has 2 aromatic rings. The van der Waals surface area contributed by atoms with Gasteiger partial charge in [-0.15, -0.1) is 0 Å². The summed E-state index contributed by atoms with van der Waals surface area (Å²) in [4.78, 5) is 11.9. The summed E-state index contributed by atoms with van der Waals surface area (Å²) in [6, 6.07) is 10.2. The van der Waals surface area contributed by atoms with E-state index < -0.39 is 0 Å². The van der Waals surface area contributed by atoms with Crippen molar-refractivity contribution in [3.8, 4) is 0 Å². The van der Waals surface area contributed by atoms with Crippen molar-refractivity contribution in [3.63, 3.8) is 0 Å². The van der Waals surface area contributed by atoms with Gasteiger partial charge >= 0.3 is 0 Å². The van der Waals surface area contributed by atoms with E-state index in [9.17, 15) is 4.79 Å². The number of carbonyl (C=O) groups is 1. The number of fused-ring (bicyclic) bond motifs is 3. The van der Waals surface area contributed by atoms with Crippen LogP contribution in [0.3, 0.4) is 0 Å². The maximum Gasteiger partial charge on any atom is 0.139 e. The third kappa shape index (κ3) is 1.83. The zero-order chi connectivity index (χ0) is 12.8. The number of Topliss-reactive ketones (excluding diaryl/α,β-unsaturated/α-hetero) is 1. The summed E-state index contributed by atoms with van der Waals surface area (Å²) in [5.74, 6) is 2.00. The number of hydrogen-bond donors (Lipinski definition) is 0. The predicted molar refractivity (Wildman–Crippen MR) is 74.6 cm³/mol. The van der Waals surface area contributed by atoms with Gasteiger partial charge in [-0.1, -0.05) is 23.8 Å². The van der Waals surface area contributed by atoms with Gasteiger partial charge in [0.15, 0.2) is 0 Å². The molecule has 2 aliphatic carbocycles. The van der Waals surface area contributed by atoms with E-state index in [1.807, 2.05) is 18.2 Å². The number of rotatable bonds is 1. The fraction of sp³-hybridized carbons (Fsp3) is 0.353. The van der Waals surface area contributed by atoms with Gasteiger partial charge in [0.25, 0.3) is 0 Å². The Balaban J connectivity index is 1.67. The van der Waals surface area contributed by atoms with Crippen molar-refractivity contribution in [3.05, 3.63) is 41.7 Å². The van der Waals surface area contributed by atoms with E-state index in [2.05, 4.69) is 18.2 Å². The molecule has 1 heterocycles. The number of hydrogen-bond acceptors (Lipinski definition) is 2. The lowest BCUT2D eigenvalue weighted by Crippen LogP contribution is -2.20. The molecule has 19 heavy (non-hydrogen) atoms. The minimum Gasteiger partial charge on any atom is -0.457 e. The maximum absolute atomic E-state index is 11.9. The van der Waals surface area contributed by atoms with Crippen LogP contribution < -0.4 is 0 Å². The molecule has 0 spiro atoms. The third-order valence-corrected chi connectivity index (χ3v) is 4.48. The molecule has 2 nitrogen and oxygen atoms in total. The van der Waals surface area contributed by atoms with E-state index in [-0.39, 0.29) is 11.8 Å². The van der Waals surface area contributed by atoms with Gasteiger partial charge in [-0.05, 0) is 43.9 Å². The maximum atomic E-state index is 11.9. The van der Waals surface area contributed by atoms with Crippen molar-refractivity contribution in [2.75, 3.05) is 0 Å². The van der Waals surface area contributed by atoms with Crippen molar-refractivity contribution >= 4 is 22.8 Å². The Hall–Kier alpha value is -1.83. The first-order chi connectivity index (χ1) is 9.29. The highest BCUT2D eigenvalue weighted by molar-refractivity contribution is 5.88. The average Bonchev–Trinajstić information content (AvgIpc) is 2.87. The standard InChI is InChI=1S/C17H16O2/c18-17-13-5-6-14(17)8-11(7-13)9-15-10-12-3-1-2-4-16(12)19-15/h1-4,9-10,13-14H,5-8H2. The monoisotopic (exact) mass is 252 g/mol. The van der Waals surface area contributed by atoms with Crippen LogP contribution in [0.25, 0.3) is 17.0 Å². The number of ketones is 1. The van der Waals surface area contributed by atoms with Gasteiger partial charge < -0.3 is 4.42 Å². The molecule has 0 N–H and O–H groups in total. The molecule has 0 amide bonds. The number of carbonyl (C=O) groups excluding carboxylic acids is 1. The van der Waals surface area contributed by atoms with E-state index >= 15 is 0 Å². The molecule has 2 aliphatic rings. The fourth-order valence-corrected chi connectivity index (χ4v) is 3.53. The summed E-state index contributed by atoms with van der Waals surface area (Å²) in [6.07, 6.45) is 6.19. The molecule has 2 fully saturated rings. The van der Waals surface area contributed by atoms with E-state index in [0.717, 1.165) is 42.4 Å². The lowest BCUT2D eigenvalue weighted by molar-refractivity contribution is -0.124. The highest BCUT2D eigenvalue weighted by atomic mass is 16.3. The van der Waals surface area contributed by atoms with Crippen molar-refractivity contribution in [1.82, 2.24) is 0 Å². The molecular formula is C17H16O2. The molecule has 0 aliphatic heterocycles. The van der Waals surface area contributed by atoms with Crippen LogP contribution in [0.4, 0.5) is 0 Å². The van der Waals surface area contributed by atoms with Gasteiger partial charge in [-0.25, -0.2) is 0 Å². The van der Waals surface area contributed by atoms with Gasteiger partial charge in [-0.3, -0.25) is 4.79 Å². The highest BCUT2D eigenvalue weighted by Gasteiger charge is 2.38. The average molecular weight is 252 g/mol. The van der Waals surface area contributed by atoms with Crippen LogP contribution in [0.2, 0.25) is 0 Å². The van der Waals surface area contributed by atoms with Crippen LogP contribution in [0.1, 0.15) is 31.4 Å². The number of allylic oxidation sites excluding steroid dienone is 1. The smallest absolute Gasteiger partial charge is 0.139 e. The van der Waals surface area contributed by atoms with Crippen molar-refractivity contribution in [1.29, 1.82) is 0 Å². The molecule has 2 unspecified atom stereocenters. The van der Waals surface area contributed by atoms with Crippen molar-refractivity contribution in [2.24, 2.45) is 11.8 Å². The normalized spacial score (nSPS) is 26.1. The first-order valence-corrected chi connectivity index (χ1v) is 7.01. The second-order valence-corrected chi connectivity index (χ2v) is 5.77. The number of para-hydroxylation sites is 1. The Morgan fingerprint density at radius 3 is 2.58 bits per heavy atom. The minimum atomic E-state index is 0.286. The fourth-order valence-electron chi connectivity index (χ4n) is 3.53. The molecule has 1 aromatic heterocycles. The number of benzene rings is 1. The summed E-state index contributed by atoms with van der Waals surface area (Å²) >= 11 is 0. The first-order valence-electron chi connectivity index (χ1n) is 7.01. The van der Waals surface area contributed by atoms with Gasteiger partial charge in [0.2, 0.25) is 0 Å². The van der Waals surface area contributed by atoms with Crippen molar-refractivity contribution < 1.29 is 9.21 Å². The first kappa shape index (κ1) is 11.0. The van der Waals surface area contributed by atoms with Gasteiger partial charge in [-0.2, -0.15) is 0 Å². The van der Waals surface area contributed by atoms with E-state index in [0.29, 0.717) is 5.78 Å². The minimum absolute atomic E-state index is 0.286. The molecule has 0 radical (unpaired) electrons. The lowest BCUT2D eigenvalue weighted by atomic mass is 9.84. The Labute approximate surface area is 112 Å². The predicted octanol–water partition coefficient (Wildman–Crippen LogP) is 4.21. The molecule has 1 aromatic carbocycles. The van der Waals surface area contributed by atoms with Crippen LogP contribution in [0, 0.1) is 11.8 Å². The van der Waals surface area contributed by atoms with Crippen LogP contribution in [0.5, 0.6) is 0 Å². The molecular weight excluding hydrogens is 236 g/mol. The molecule has 2 saturated carbocycles. The molecule has 0 saturated heterocycles. The summed E-state index contributed by atoms with van der Waals surface area (Å²) in [7, 11) is 0. The Morgan fingerprint density at radius 2 is 1.84 bits per heavy atom. The molecule has 2 heteroatoms. The SMILES string of the molecule is O=C1C2CCC1CC(=Cc1cc3ccccc3o1)C2. The van der Waals surface area contributed by atoms with Crippen LogP contribution in [-0.2, 0) is 4.79 Å². The van der Waals surface area contributed by atoms with Crippen LogP contribution in [-0.4, -0.2) is 5.78 Å².